The van der Waals surface area contributed by atoms with Crippen molar-refractivity contribution < 1.29 is 9.47 Å². The number of nitrogens with zero attached hydrogens (tertiary/aromatic N) is 2. The molecule has 2 rings (SSSR count). The first-order valence-electron chi connectivity index (χ1n) is 6.94. The zero-order chi connectivity index (χ0) is 13.8. The minimum Gasteiger partial charge on any atom is -0.376 e. The molecule has 1 aliphatic rings. The second-order valence-corrected chi connectivity index (χ2v) is 5.03. The predicted octanol–water partition coefficient (Wildman–Crippen LogP) is 2.32. The molecule has 1 aromatic rings. The highest BCUT2D eigenvalue weighted by molar-refractivity contribution is 5.46. The van der Waals surface area contributed by atoms with Crippen LogP contribution in [0, 0.1) is 5.92 Å². The van der Waals surface area contributed by atoms with Crippen LogP contribution in [0.25, 0.3) is 0 Å². The highest BCUT2D eigenvalue weighted by Gasteiger charge is 2.24. The summed E-state index contributed by atoms with van der Waals surface area (Å²) in [6.45, 7) is 8.25. The molecule has 1 atom stereocenters. The van der Waals surface area contributed by atoms with Gasteiger partial charge in [0.15, 0.2) is 5.82 Å². The first-order chi connectivity index (χ1) is 9.17. The van der Waals surface area contributed by atoms with Crippen molar-refractivity contribution in [2.75, 3.05) is 25.6 Å². The van der Waals surface area contributed by atoms with E-state index >= 15 is 0 Å². The maximum atomic E-state index is 5.80. The van der Waals surface area contributed by atoms with Gasteiger partial charge in [0.05, 0.1) is 18.9 Å². The molecule has 0 saturated heterocycles. The summed E-state index contributed by atoms with van der Waals surface area (Å²) in [6, 6.07) is 0. The number of anilines is 1. The Balaban J connectivity index is 2.40. The maximum Gasteiger partial charge on any atom is 0.160 e. The van der Waals surface area contributed by atoms with Crippen LogP contribution < -0.4 is 5.32 Å². The number of fused-ring (bicyclic) bond motifs is 1. The molecule has 0 amide bonds. The Morgan fingerprint density at radius 3 is 2.79 bits per heavy atom. The summed E-state index contributed by atoms with van der Waals surface area (Å²) in [7, 11) is 1.88. The monoisotopic (exact) mass is 265 g/mol. The minimum absolute atomic E-state index is 0.0507. The van der Waals surface area contributed by atoms with Crippen molar-refractivity contribution in [2.45, 2.75) is 39.9 Å². The summed E-state index contributed by atoms with van der Waals surface area (Å²) >= 11 is 0. The molecular weight excluding hydrogens is 242 g/mol. The van der Waals surface area contributed by atoms with Crippen molar-refractivity contribution in [3.05, 3.63) is 17.1 Å². The zero-order valence-electron chi connectivity index (χ0n) is 12.2. The lowest BCUT2D eigenvalue weighted by Gasteiger charge is -2.24. The number of nitrogens with one attached hydrogen (secondary N) is 1. The molecule has 0 saturated carbocycles. The van der Waals surface area contributed by atoms with E-state index in [1.165, 1.54) is 0 Å². The molecule has 5 nitrogen and oxygen atoms in total. The molecule has 0 aliphatic carbocycles. The summed E-state index contributed by atoms with van der Waals surface area (Å²) in [5, 5.41) is 3.14. The number of hydrogen-bond acceptors (Lipinski definition) is 5. The molecule has 106 valence electrons. The van der Waals surface area contributed by atoms with Crippen LogP contribution >= 0.6 is 0 Å². The van der Waals surface area contributed by atoms with Gasteiger partial charge < -0.3 is 14.8 Å². The average Bonchev–Trinajstić information content (AvgIpc) is 2.43. The van der Waals surface area contributed by atoms with E-state index < -0.39 is 0 Å². The molecule has 1 N–H and O–H groups in total. The molecule has 2 heterocycles. The number of aromatic nitrogens is 2. The third kappa shape index (κ3) is 3.04. The molecule has 0 aromatic carbocycles. The van der Waals surface area contributed by atoms with Crippen LogP contribution in [0.3, 0.4) is 0 Å². The van der Waals surface area contributed by atoms with Gasteiger partial charge in [-0.3, -0.25) is 0 Å². The zero-order valence-corrected chi connectivity index (χ0v) is 12.2. The average molecular weight is 265 g/mol. The highest BCUT2D eigenvalue weighted by atomic mass is 16.5. The lowest BCUT2D eigenvalue weighted by molar-refractivity contribution is 0.0227. The molecule has 0 spiro atoms. The summed E-state index contributed by atoms with van der Waals surface area (Å²) in [5.41, 5.74) is 2.17. The largest absolute Gasteiger partial charge is 0.376 e. The van der Waals surface area contributed by atoms with Crippen molar-refractivity contribution in [1.29, 1.82) is 0 Å². The fourth-order valence-corrected chi connectivity index (χ4v) is 2.33. The van der Waals surface area contributed by atoms with E-state index in [0.29, 0.717) is 19.1 Å². The summed E-state index contributed by atoms with van der Waals surface area (Å²) in [4.78, 5) is 9.32. The van der Waals surface area contributed by atoms with Gasteiger partial charge in [-0.15, -0.1) is 0 Å². The second kappa shape index (κ2) is 6.30. The quantitative estimate of drug-likeness (QED) is 0.885. The van der Waals surface area contributed by atoms with E-state index in [-0.39, 0.29) is 6.10 Å². The number of rotatable bonds is 5. The standard InChI is InChI=1S/C14H23N3O2/c1-5-19-12(9(2)3)14-16-11-6-7-18-8-10(11)13(15-4)17-14/h9,12H,5-8H2,1-4H3,(H,15,16,17). The topological polar surface area (TPSA) is 56.3 Å². The van der Waals surface area contributed by atoms with E-state index in [9.17, 15) is 0 Å². The van der Waals surface area contributed by atoms with Gasteiger partial charge in [-0.25, -0.2) is 9.97 Å². The first kappa shape index (κ1) is 14.2. The van der Waals surface area contributed by atoms with Gasteiger partial charge in [0.25, 0.3) is 0 Å². The van der Waals surface area contributed by atoms with Gasteiger partial charge in [-0.05, 0) is 12.8 Å². The minimum atomic E-state index is -0.0507. The van der Waals surface area contributed by atoms with Gasteiger partial charge >= 0.3 is 0 Å². The van der Waals surface area contributed by atoms with Gasteiger partial charge in [0, 0.05) is 25.6 Å². The van der Waals surface area contributed by atoms with Gasteiger partial charge in [0.2, 0.25) is 0 Å². The fraction of sp³-hybridized carbons (Fsp3) is 0.714. The van der Waals surface area contributed by atoms with Crippen LogP contribution in [-0.4, -0.2) is 30.2 Å². The summed E-state index contributed by atoms with van der Waals surface area (Å²) < 4.78 is 11.3. The van der Waals surface area contributed by atoms with E-state index in [2.05, 4.69) is 24.1 Å². The molecule has 0 bridgehead atoms. The molecule has 0 fully saturated rings. The van der Waals surface area contributed by atoms with Crippen LogP contribution in [0.1, 0.15) is 44.0 Å². The van der Waals surface area contributed by atoms with Crippen LogP contribution in [0.4, 0.5) is 5.82 Å². The third-order valence-electron chi connectivity index (χ3n) is 3.28. The second-order valence-electron chi connectivity index (χ2n) is 5.03. The van der Waals surface area contributed by atoms with Crippen molar-refractivity contribution in [2.24, 2.45) is 5.92 Å². The molecule has 19 heavy (non-hydrogen) atoms. The van der Waals surface area contributed by atoms with Gasteiger partial charge in [0.1, 0.15) is 11.9 Å². The van der Waals surface area contributed by atoms with Crippen LogP contribution in [-0.2, 0) is 22.5 Å². The van der Waals surface area contributed by atoms with E-state index in [1.807, 2.05) is 14.0 Å². The van der Waals surface area contributed by atoms with Gasteiger partial charge in [-0.1, -0.05) is 13.8 Å². The van der Waals surface area contributed by atoms with E-state index in [0.717, 1.165) is 35.9 Å². The van der Waals surface area contributed by atoms with Gasteiger partial charge in [-0.2, -0.15) is 0 Å². The lowest BCUT2D eigenvalue weighted by Crippen LogP contribution is -2.21. The Hall–Kier alpha value is -1.20. The molecule has 1 unspecified atom stereocenters. The number of ether oxygens (including phenoxy) is 2. The SMILES string of the molecule is CCOC(c1nc2c(c(NC)n1)COCC2)C(C)C. The predicted molar refractivity (Wildman–Crippen MR) is 74.1 cm³/mol. The van der Waals surface area contributed by atoms with E-state index in [4.69, 9.17) is 14.5 Å². The summed E-state index contributed by atoms with van der Waals surface area (Å²) in [6.07, 6.45) is 0.793. The van der Waals surface area contributed by atoms with Crippen molar-refractivity contribution >= 4 is 5.82 Å². The van der Waals surface area contributed by atoms with Crippen molar-refractivity contribution in [1.82, 2.24) is 9.97 Å². The third-order valence-corrected chi connectivity index (χ3v) is 3.28. The molecule has 0 radical (unpaired) electrons. The first-order valence-corrected chi connectivity index (χ1v) is 6.94. The normalized spacial score (nSPS) is 16.3. The molecule has 5 heteroatoms. The molecule has 1 aliphatic heterocycles. The Morgan fingerprint density at radius 1 is 1.37 bits per heavy atom. The molecular formula is C14H23N3O2. The van der Waals surface area contributed by atoms with Crippen LogP contribution in [0.5, 0.6) is 0 Å². The van der Waals surface area contributed by atoms with Crippen molar-refractivity contribution in [3.63, 3.8) is 0 Å². The van der Waals surface area contributed by atoms with Crippen molar-refractivity contribution in [3.8, 4) is 0 Å². The Morgan fingerprint density at radius 2 is 2.16 bits per heavy atom. The Bertz CT molecular complexity index is 418. The fourth-order valence-electron chi connectivity index (χ4n) is 2.33. The van der Waals surface area contributed by atoms with E-state index in [1.54, 1.807) is 0 Å². The summed E-state index contributed by atoms with van der Waals surface area (Å²) in [5.74, 6) is 1.99. The molecule has 1 aromatic heterocycles. The number of hydrogen-bond donors (Lipinski definition) is 1. The highest BCUT2D eigenvalue weighted by Crippen LogP contribution is 2.28. The smallest absolute Gasteiger partial charge is 0.160 e. The lowest BCUT2D eigenvalue weighted by atomic mass is 10.0. The Kier molecular flexibility index (Phi) is 4.71. The van der Waals surface area contributed by atoms with Crippen LogP contribution in [0.15, 0.2) is 0 Å². The Labute approximate surface area is 114 Å². The maximum absolute atomic E-state index is 5.80. The van der Waals surface area contributed by atoms with Crippen LogP contribution in [0.2, 0.25) is 0 Å².